The number of benzene rings is 1. The van der Waals surface area contributed by atoms with Crippen molar-refractivity contribution in [3.63, 3.8) is 0 Å². The molecule has 76 valence electrons. The van der Waals surface area contributed by atoms with Gasteiger partial charge in [-0.3, -0.25) is 0 Å². The van der Waals surface area contributed by atoms with Crippen molar-refractivity contribution < 1.29 is 4.74 Å². The molecule has 0 aliphatic heterocycles. The summed E-state index contributed by atoms with van der Waals surface area (Å²) in [4.78, 5) is 0. The molecule has 0 spiro atoms. The molecule has 1 aromatic carbocycles. The van der Waals surface area contributed by atoms with Gasteiger partial charge in [-0.15, -0.1) is 0 Å². The second-order valence-corrected chi connectivity index (χ2v) is 3.45. The average Bonchev–Trinajstić information content (AvgIpc) is 2.79. The number of rotatable bonds is 4. The Morgan fingerprint density at radius 1 is 1.27 bits per heavy atom. The van der Waals surface area contributed by atoms with Crippen molar-refractivity contribution in [1.29, 1.82) is 0 Å². The summed E-state index contributed by atoms with van der Waals surface area (Å²) in [6.07, 6.45) is 3.92. The summed E-state index contributed by atoms with van der Waals surface area (Å²) in [5.41, 5.74) is 1.15. The minimum atomic E-state index is 0.478. The molecular weight excluding hydrogens is 210 g/mol. The van der Waals surface area contributed by atoms with Crippen LogP contribution in [-0.2, 0) is 0 Å². The van der Waals surface area contributed by atoms with Crippen LogP contribution in [0, 0.1) is 0 Å². The van der Waals surface area contributed by atoms with Gasteiger partial charge in [0, 0.05) is 11.5 Å². The Morgan fingerprint density at radius 3 is 2.87 bits per heavy atom. The predicted molar refractivity (Wildman–Crippen MR) is 58.7 cm³/mol. The molecular formula is C10H9N3OS. The van der Waals surface area contributed by atoms with Crippen LogP contribution in [0.5, 0.6) is 5.19 Å². The molecule has 0 saturated heterocycles. The zero-order chi connectivity index (χ0) is 10.3. The third-order valence-electron chi connectivity index (χ3n) is 1.69. The first-order chi connectivity index (χ1) is 7.45. The van der Waals surface area contributed by atoms with Gasteiger partial charge in [0.1, 0.15) is 6.61 Å². The fourth-order valence-corrected chi connectivity index (χ4v) is 1.39. The van der Waals surface area contributed by atoms with E-state index in [0.29, 0.717) is 11.8 Å². The number of hydrogen-bond donors (Lipinski definition) is 0. The molecule has 0 aliphatic carbocycles. The Balaban J connectivity index is 1.81. The molecule has 1 aromatic heterocycles. The van der Waals surface area contributed by atoms with Crippen LogP contribution in [0.25, 0.3) is 6.08 Å². The smallest absolute Gasteiger partial charge is 0.314 e. The highest BCUT2D eigenvalue weighted by atomic mass is 32.1. The Labute approximate surface area is 91.4 Å². The summed E-state index contributed by atoms with van der Waals surface area (Å²) in [6.45, 7) is 0.478. The highest BCUT2D eigenvalue weighted by molar-refractivity contribution is 7.07. The largest absolute Gasteiger partial charge is 0.464 e. The average molecular weight is 219 g/mol. The second-order valence-electron chi connectivity index (χ2n) is 2.75. The van der Waals surface area contributed by atoms with Crippen LogP contribution in [0.1, 0.15) is 5.56 Å². The maximum absolute atomic E-state index is 5.26. The Hall–Kier alpha value is -1.75. The van der Waals surface area contributed by atoms with Crippen molar-refractivity contribution in [2.75, 3.05) is 6.61 Å². The molecule has 0 amide bonds. The van der Waals surface area contributed by atoms with Crippen molar-refractivity contribution >= 4 is 17.6 Å². The number of aromatic nitrogens is 3. The topological polar surface area (TPSA) is 47.9 Å². The van der Waals surface area contributed by atoms with Crippen LogP contribution in [0.4, 0.5) is 0 Å². The zero-order valence-corrected chi connectivity index (χ0v) is 8.72. The summed E-state index contributed by atoms with van der Waals surface area (Å²) in [5, 5.41) is 7.58. The van der Waals surface area contributed by atoms with Gasteiger partial charge in [0.25, 0.3) is 0 Å². The van der Waals surface area contributed by atoms with Gasteiger partial charge in [0.05, 0.1) is 0 Å². The quantitative estimate of drug-likeness (QED) is 0.789. The molecule has 0 radical (unpaired) electrons. The van der Waals surface area contributed by atoms with Crippen LogP contribution in [-0.4, -0.2) is 21.4 Å². The van der Waals surface area contributed by atoms with E-state index in [4.69, 9.17) is 4.74 Å². The molecule has 4 nitrogen and oxygen atoms in total. The monoisotopic (exact) mass is 219 g/mol. The predicted octanol–water partition coefficient (Wildman–Crippen LogP) is 2.03. The van der Waals surface area contributed by atoms with E-state index in [-0.39, 0.29) is 0 Å². The van der Waals surface area contributed by atoms with Crippen molar-refractivity contribution in [3.8, 4) is 5.19 Å². The summed E-state index contributed by atoms with van der Waals surface area (Å²) in [7, 11) is 0. The first kappa shape index (κ1) is 9.79. The van der Waals surface area contributed by atoms with Crippen LogP contribution >= 0.6 is 11.5 Å². The highest BCUT2D eigenvalue weighted by Gasteiger charge is 1.94. The van der Waals surface area contributed by atoms with Gasteiger partial charge in [0.2, 0.25) is 0 Å². The Bertz CT molecular complexity index is 413. The minimum absolute atomic E-state index is 0.478. The number of hydrogen-bond acceptors (Lipinski definition) is 5. The molecule has 0 fully saturated rings. The summed E-state index contributed by atoms with van der Waals surface area (Å²) in [6, 6.07) is 10.0. The number of nitrogens with zero attached hydrogens (tertiary/aromatic N) is 3. The van der Waals surface area contributed by atoms with Gasteiger partial charge in [-0.1, -0.05) is 46.0 Å². The standard InChI is InChI=1S/C10H9N3OS/c1-2-5-9(6-3-1)7-4-8-14-10-11-12-13-15-10/h1-7H,8H2/b7-4-. The molecule has 0 saturated carbocycles. The van der Waals surface area contributed by atoms with Gasteiger partial charge in [-0.05, 0) is 16.9 Å². The van der Waals surface area contributed by atoms with E-state index in [0.717, 1.165) is 17.1 Å². The van der Waals surface area contributed by atoms with E-state index in [1.807, 2.05) is 42.5 Å². The first-order valence-electron chi connectivity index (χ1n) is 4.44. The fraction of sp³-hybridized carbons (Fsp3) is 0.100. The lowest BCUT2D eigenvalue weighted by atomic mass is 10.2. The molecule has 15 heavy (non-hydrogen) atoms. The number of ether oxygens (including phenoxy) is 1. The molecule has 2 rings (SSSR count). The van der Waals surface area contributed by atoms with E-state index in [1.165, 1.54) is 0 Å². The van der Waals surface area contributed by atoms with Gasteiger partial charge in [-0.25, -0.2) is 0 Å². The second kappa shape index (κ2) is 5.21. The van der Waals surface area contributed by atoms with Gasteiger partial charge >= 0.3 is 5.19 Å². The molecule has 0 N–H and O–H groups in total. The lowest BCUT2D eigenvalue weighted by Crippen LogP contribution is -1.92. The Morgan fingerprint density at radius 2 is 2.13 bits per heavy atom. The van der Waals surface area contributed by atoms with E-state index < -0.39 is 0 Å². The third kappa shape index (κ3) is 3.14. The molecule has 5 heteroatoms. The molecule has 0 atom stereocenters. The van der Waals surface area contributed by atoms with Crippen LogP contribution < -0.4 is 4.74 Å². The van der Waals surface area contributed by atoms with Crippen LogP contribution in [0.15, 0.2) is 36.4 Å². The normalized spacial score (nSPS) is 10.7. The Kier molecular flexibility index (Phi) is 3.40. The van der Waals surface area contributed by atoms with Crippen LogP contribution in [0.3, 0.4) is 0 Å². The SMILES string of the molecule is C(=C/c1ccccc1)/COc1nnns1. The summed E-state index contributed by atoms with van der Waals surface area (Å²) < 4.78 is 8.85. The maximum atomic E-state index is 5.26. The lowest BCUT2D eigenvalue weighted by molar-refractivity contribution is 0.357. The van der Waals surface area contributed by atoms with E-state index in [9.17, 15) is 0 Å². The van der Waals surface area contributed by atoms with Gasteiger partial charge in [-0.2, -0.15) is 0 Å². The van der Waals surface area contributed by atoms with E-state index in [1.54, 1.807) is 0 Å². The van der Waals surface area contributed by atoms with Crippen molar-refractivity contribution in [1.82, 2.24) is 14.8 Å². The molecule has 0 bridgehead atoms. The third-order valence-corrected chi connectivity index (χ3v) is 2.21. The lowest BCUT2D eigenvalue weighted by Gasteiger charge is -1.94. The minimum Gasteiger partial charge on any atom is -0.464 e. The summed E-state index contributed by atoms with van der Waals surface area (Å²) >= 11 is 1.14. The maximum Gasteiger partial charge on any atom is 0.314 e. The zero-order valence-electron chi connectivity index (χ0n) is 7.91. The van der Waals surface area contributed by atoms with E-state index in [2.05, 4.69) is 14.8 Å². The van der Waals surface area contributed by atoms with Gasteiger partial charge < -0.3 is 4.74 Å². The highest BCUT2D eigenvalue weighted by Crippen LogP contribution is 2.08. The van der Waals surface area contributed by atoms with Crippen molar-refractivity contribution in [3.05, 3.63) is 42.0 Å². The molecule has 1 heterocycles. The first-order valence-corrected chi connectivity index (χ1v) is 5.22. The van der Waals surface area contributed by atoms with Crippen molar-refractivity contribution in [2.45, 2.75) is 0 Å². The van der Waals surface area contributed by atoms with Gasteiger partial charge in [0.15, 0.2) is 0 Å². The van der Waals surface area contributed by atoms with Crippen LogP contribution in [0.2, 0.25) is 0 Å². The summed E-state index contributed by atoms with van der Waals surface area (Å²) in [5.74, 6) is 0. The van der Waals surface area contributed by atoms with Crippen molar-refractivity contribution in [2.24, 2.45) is 0 Å². The molecule has 0 aliphatic rings. The fourth-order valence-electron chi connectivity index (χ4n) is 1.05. The molecule has 2 aromatic rings. The molecule has 0 unspecified atom stereocenters. The van der Waals surface area contributed by atoms with E-state index >= 15 is 0 Å².